The van der Waals surface area contributed by atoms with E-state index >= 15 is 0 Å². The number of fused-ring (bicyclic) bond motifs is 1. The summed E-state index contributed by atoms with van der Waals surface area (Å²) in [7, 11) is 0. The maximum atomic E-state index is 9.51. The number of benzene rings is 2. The molecule has 20 heavy (non-hydrogen) atoms. The van der Waals surface area contributed by atoms with Crippen molar-refractivity contribution in [2.75, 3.05) is 6.61 Å². The maximum Gasteiger partial charge on any atom is 0.130 e. The SMILES string of the molecule is NCc1ccc(/C=C2\CCOc3cc(O)ccc32)cc1. The van der Waals surface area contributed by atoms with Gasteiger partial charge in [-0.15, -0.1) is 0 Å². The molecule has 0 amide bonds. The monoisotopic (exact) mass is 267 g/mol. The lowest BCUT2D eigenvalue weighted by Gasteiger charge is -2.20. The van der Waals surface area contributed by atoms with Crippen LogP contribution in [0.25, 0.3) is 11.6 Å². The normalized spacial score (nSPS) is 15.8. The van der Waals surface area contributed by atoms with E-state index in [0.717, 1.165) is 28.9 Å². The zero-order valence-electron chi connectivity index (χ0n) is 11.2. The second-order valence-electron chi connectivity index (χ2n) is 4.89. The number of aromatic hydroxyl groups is 1. The smallest absolute Gasteiger partial charge is 0.130 e. The zero-order chi connectivity index (χ0) is 13.9. The van der Waals surface area contributed by atoms with Crippen molar-refractivity contribution in [1.29, 1.82) is 0 Å². The molecule has 0 bridgehead atoms. The minimum atomic E-state index is 0.234. The van der Waals surface area contributed by atoms with Crippen LogP contribution < -0.4 is 10.5 Å². The largest absolute Gasteiger partial charge is 0.508 e. The fourth-order valence-electron chi connectivity index (χ4n) is 2.40. The molecule has 102 valence electrons. The first-order valence-electron chi connectivity index (χ1n) is 6.72. The zero-order valence-corrected chi connectivity index (χ0v) is 11.2. The van der Waals surface area contributed by atoms with Crippen LogP contribution in [0.1, 0.15) is 23.1 Å². The summed E-state index contributed by atoms with van der Waals surface area (Å²) in [6, 6.07) is 13.5. The van der Waals surface area contributed by atoms with Crippen molar-refractivity contribution in [3.63, 3.8) is 0 Å². The number of ether oxygens (including phenoxy) is 1. The molecular formula is C17H17NO2. The van der Waals surface area contributed by atoms with Gasteiger partial charge in [0.25, 0.3) is 0 Å². The Morgan fingerprint density at radius 3 is 2.70 bits per heavy atom. The summed E-state index contributed by atoms with van der Waals surface area (Å²) in [5.74, 6) is 0.985. The van der Waals surface area contributed by atoms with Crippen molar-refractivity contribution in [3.05, 3.63) is 59.2 Å². The molecule has 0 atom stereocenters. The number of hydrogen-bond acceptors (Lipinski definition) is 3. The van der Waals surface area contributed by atoms with E-state index in [1.165, 1.54) is 5.57 Å². The van der Waals surface area contributed by atoms with Crippen LogP contribution in [0.2, 0.25) is 0 Å². The molecule has 0 spiro atoms. The summed E-state index contributed by atoms with van der Waals surface area (Å²) in [6.07, 6.45) is 3.04. The summed E-state index contributed by atoms with van der Waals surface area (Å²) in [5, 5.41) is 9.51. The average molecular weight is 267 g/mol. The molecule has 0 radical (unpaired) electrons. The van der Waals surface area contributed by atoms with E-state index in [9.17, 15) is 5.11 Å². The summed E-state index contributed by atoms with van der Waals surface area (Å²) in [6.45, 7) is 1.20. The number of nitrogens with two attached hydrogens (primary N) is 1. The molecule has 0 aliphatic carbocycles. The van der Waals surface area contributed by atoms with Gasteiger partial charge in [0, 0.05) is 24.6 Å². The third kappa shape index (κ3) is 2.53. The Balaban J connectivity index is 1.96. The highest BCUT2D eigenvalue weighted by Gasteiger charge is 2.15. The van der Waals surface area contributed by atoms with Gasteiger partial charge < -0.3 is 15.6 Å². The van der Waals surface area contributed by atoms with Crippen molar-refractivity contribution in [2.45, 2.75) is 13.0 Å². The second kappa shape index (κ2) is 5.39. The van der Waals surface area contributed by atoms with Gasteiger partial charge in [0.1, 0.15) is 11.5 Å². The van der Waals surface area contributed by atoms with Crippen LogP contribution in [0.15, 0.2) is 42.5 Å². The van der Waals surface area contributed by atoms with E-state index in [0.29, 0.717) is 13.2 Å². The van der Waals surface area contributed by atoms with Gasteiger partial charge in [-0.1, -0.05) is 30.3 Å². The molecule has 0 saturated heterocycles. The molecule has 1 heterocycles. The molecule has 2 aromatic rings. The predicted molar refractivity (Wildman–Crippen MR) is 80.4 cm³/mol. The molecule has 0 fully saturated rings. The third-order valence-corrected chi connectivity index (χ3v) is 3.50. The van der Waals surface area contributed by atoms with E-state index in [2.05, 4.69) is 18.2 Å². The Morgan fingerprint density at radius 2 is 1.95 bits per heavy atom. The van der Waals surface area contributed by atoms with Crippen LogP contribution in [0.3, 0.4) is 0 Å². The molecule has 3 heteroatoms. The minimum Gasteiger partial charge on any atom is -0.508 e. The van der Waals surface area contributed by atoms with E-state index in [-0.39, 0.29) is 5.75 Å². The van der Waals surface area contributed by atoms with Crippen LogP contribution >= 0.6 is 0 Å². The molecule has 3 rings (SSSR count). The fourth-order valence-corrected chi connectivity index (χ4v) is 2.40. The topological polar surface area (TPSA) is 55.5 Å². The fraction of sp³-hybridized carbons (Fsp3) is 0.176. The number of hydrogen-bond donors (Lipinski definition) is 2. The lowest BCUT2D eigenvalue weighted by molar-refractivity contribution is 0.314. The number of phenolic OH excluding ortho intramolecular Hbond substituents is 1. The lowest BCUT2D eigenvalue weighted by Crippen LogP contribution is -2.07. The Bertz CT molecular complexity index is 645. The van der Waals surface area contributed by atoms with Crippen molar-refractivity contribution in [1.82, 2.24) is 0 Å². The highest BCUT2D eigenvalue weighted by atomic mass is 16.5. The van der Waals surface area contributed by atoms with E-state index in [4.69, 9.17) is 10.5 Å². The third-order valence-electron chi connectivity index (χ3n) is 3.50. The molecule has 1 aliphatic heterocycles. The highest BCUT2D eigenvalue weighted by molar-refractivity contribution is 5.85. The van der Waals surface area contributed by atoms with E-state index < -0.39 is 0 Å². The van der Waals surface area contributed by atoms with Gasteiger partial charge in [-0.05, 0) is 28.8 Å². The molecule has 0 aromatic heterocycles. The van der Waals surface area contributed by atoms with Crippen LogP contribution in [-0.2, 0) is 6.54 Å². The van der Waals surface area contributed by atoms with Crippen LogP contribution in [0.4, 0.5) is 0 Å². The van der Waals surface area contributed by atoms with Crippen molar-refractivity contribution < 1.29 is 9.84 Å². The standard InChI is InChI=1S/C17H17NO2/c18-11-13-3-1-12(2-4-13)9-14-7-8-20-17-10-15(19)5-6-16(14)17/h1-6,9-10,19H,7-8,11,18H2/b14-9+. The molecule has 3 nitrogen and oxygen atoms in total. The van der Waals surface area contributed by atoms with Crippen LogP contribution in [0.5, 0.6) is 11.5 Å². The van der Waals surface area contributed by atoms with Gasteiger partial charge in [-0.25, -0.2) is 0 Å². The van der Waals surface area contributed by atoms with Crippen LogP contribution in [-0.4, -0.2) is 11.7 Å². The second-order valence-corrected chi connectivity index (χ2v) is 4.89. The van der Waals surface area contributed by atoms with E-state index in [1.54, 1.807) is 12.1 Å². The Kier molecular flexibility index (Phi) is 3.44. The van der Waals surface area contributed by atoms with E-state index in [1.807, 2.05) is 18.2 Å². The average Bonchev–Trinajstić information content (AvgIpc) is 2.48. The van der Waals surface area contributed by atoms with Gasteiger partial charge in [0.15, 0.2) is 0 Å². The van der Waals surface area contributed by atoms with Crippen molar-refractivity contribution in [2.24, 2.45) is 5.73 Å². The number of phenols is 1. The first kappa shape index (κ1) is 12.8. The molecule has 0 saturated carbocycles. The maximum absolute atomic E-state index is 9.51. The van der Waals surface area contributed by atoms with Gasteiger partial charge in [-0.2, -0.15) is 0 Å². The quantitative estimate of drug-likeness (QED) is 0.878. The highest BCUT2D eigenvalue weighted by Crippen LogP contribution is 2.36. The van der Waals surface area contributed by atoms with Gasteiger partial charge >= 0.3 is 0 Å². The Labute approximate surface area is 118 Å². The Morgan fingerprint density at radius 1 is 1.15 bits per heavy atom. The summed E-state index contributed by atoms with van der Waals surface area (Å²) < 4.78 is 5.59. The van der Waals surface area contributed by atoms with Gasteiger partial charge in [-0.3, -0.25) is 0 Å². The van der Waals surface area contributed by atoms with Gasteiger partial charge in [0.2, 0.25) is 0 Å². The first-order valence-corrected chi connectivity index (χ1v) is 6.72. The molecular weight excluding hydrogens is 250 g/mol. The molecule has 0 unspecified atom stereocenters. The molecule has 2 aromatic carbocycles. The van der Waals surface area contributed by atoms with Gasteiger partial charge in [0.05, 0.1) is 6.61 Å². The lowest BCUT2D eigenvalue weighted by atomic mass is 9.97. The van der Waals surface area contributed by atoms with Crippen molar-refractivity contribution in [3.8, 4) is 11.5 Å². The summed E-state index contributed by atoms with van der Waals surface area (Å²) in [5.41, 5.74) is 10.2. The van der Waals surface area contributed by atoms with Crippen molar-refractivity contribution >= 4 is 11.6 Å². The molecule has 3 N–H and O–H groups in total. The Hall–Kier alpha value is -2.26. The molecule has 1 aliphatic rings. The summed E-state index contributed by atoms with van der Waals surface area (Å²) >= 11 is 0. The predicted octanol–water partition coefficient (Wildman–Crippen LogP) is 3.17. The number of rotatable bonds is 2. The van der Waals surface area contributed by atoms with Crippen LogP contribution in [0, 0.1) is 0 Å². The first-order chi connectivity index (χ1) is 9.76. The summed E-state index contributed by atoms with van der Waals surface area (Å²) in [4.78, 5) is 0. The minimum absolute atomic E-state index is 0.234.